The molecule has 0 unspecified atom stereocenters. The molecule has 6 heteroatoms. The maximum atomic E-state index is 8.78. The average Bonchev–Trinajstić information content (AvgIpc) is 2.79. The fourth-order valence-corrected chi connectivity index (χ4v) is 1.06. The topological polar surface area (TPSA) is 87.6 Å². The minimum atomic E-state index is 0.447. The van der Waals surface area contributed by atoms with Crippen molar-refractivity contribution in [2.24, 2.45) is 0 Å². The minimum Gasteiger partial charge on any atom is -0.364 e. The van der Waals surface area contributed by atoms with Gasteiger partial charge in [-0.2, -0.15) is 10.4 Å². The molecule has 0 fully saturated rings. The zero-order valence-electron chi connectivity index (χ0n) is 7.71. The lowest BCUT2D eigenvalue weighted by Crippen LogP contribution is -2.04. The summed E-state index contributed by atoms with van der Waals surface area (Å²) in [5, 5.41) is 22.9. The van der Waals surface area contributed by atoms with Crippen LogP contribution in [0.25, 0.3) is 0 Å². The maximum absolute atomic E-state index is 8.78. The van der Waals surface area contributed by atoms with Crippen LogP contribution < -0.4 is 5.32 Å². The number of nitriles is 1. The number of hydrogen-bond acceptors (Lipinski definition) is 6. The van der Waals surface area contributed by atoms with Crippen molar-refractivity contribution >= 4 is 5.82 Å². The Labute approximate surface area is 85.5 Å². The molecule has 0 saturated carbocycles. The van der Waals surface area contributed by atoms with E-state index >= 15 is 0 Å². The lowest BCUT2D eigenvalue weighted by molar-refractivity contribution is 0.412. The van der Waals surface area contributed by atoms with Gasteiger partial charge in [-0.05, 0) is 6.07 Å². The SMILES string of the molecule is N#Cc1ccnnc1NCc1ccon1. The zero-order valence-corrected chi connectivity index (χ0v) is 7.71. The molecule has 0 amide bonds. The summed E-state index contributed by atoms with van der Waals surface area (Å²) in [5.41, 5.74) is 1.19. The number of nitrogens with zero attached hydrogens (tertiary/aromatic N) is 4. The first kappa shape index (κ1) is 9.15. The third-order valence-electron chi connectivity index (χ3n) is 1.77. The van der Waals surface area contributed by atoms with Gasteiger partial charge in [0.05, 0.1) is 18.3 Å². The van der Waals surface area contributed by atoms with Crippen molar-refractivity contribution in [2.75, 3.05) is 5.32 Å². The Morgan fingerprint density at radius 1 is 1.47 bits per heavy atom. The van der Waals surface area contributed by atoms with Crippen molar-refractivity contribution < 1.29 is 4.52 Å². The summed E-state index contributed by atoms with van der Waals surface area (Å²) in [6.45, 7) is 0.448. The molecule has 0 radical (unpaired) electrons. The molecule has 6 nitrogen and oxygen atoms in total. The van der Waals surface area contributed by atoms with E-state index in [2.05, 4.69) is 25.2 Å². The minimum absolute atomic E-state index is 0.447. The fourth-order valence-electron chi connectivity index (χ4n) is 1.06. The van der Waals surface area contributed by atoms with Crippen LogP contribution >= 0.6 is 0 Å². The van der Waals surface area contributed by atoms with Crippen LogP contribution in [0.15, 0.2) is 29.1 Å². The van der Waals surface area contributed by atoms with Crippen molar-refractivity contribution in [3.8, 4) is 6.07 Å². The van der Waals surface area contributed by atoms with Crippen LogP contribution in [0.4, 0.5) is 5.82 Å². The molecule has 0 aliphatic rings. The van der Waals surface area contributed by atoms with Crippen LogP contribution in [-0.2, 0) is 6.54 Å². The second-order valence-corrected chi connectivity index (χ2v) is 2.75. The summed E-state index contributed by atoms with van der Waals surface area (Å²) in [4.78, 5) is 0. The number of rotatable bonds is 3. The van der Waals surface area contributed by atoms with Crippen molar-refractivity contribution in [3.63, 3.8) is 0 Å². The number of hydrogen-bond donors (Lipinski definition) is 1. The zero-order chi connectivity index (χ0) is 10.5. The van der Waals surface area contributed by atoms with E-state index in [1.165, 1.54) is 12.5 Å². The molecule has 1 N–H and O–H groups in total. The van der Waals surface area contributed by atoms with Gasteiger partial charge < -0.3 is 9.84 Å². The Morgan fingerprint density at radius 3 is 3.13 bits per heavy atom. The van der Waals surface area contributed by atoms with Crippen LogP contribution in [0, 0.1) is 11.3 Å². The maximum Gasteiger partial charge on any atom is 0.166 e. The number of aromatic nitrogens is 3. The molecule has 0 spiro atoms. The van der Waals surface area contributed by atoms with Crippen LogP contribution in [0.1, 0.15) is 11.3 Å². The summed E-state index contributed by atoms with van der Waals surface area (Å²) in [6, 6.07) is 5.34. The Kier molecular flexibility index (Phi) is 2.56. The fraction of sp³-hybridized carbons (Fsp3) is 0.111. The van der Waals surface area contributed by atoms with E-state index in [0.29, 0.717) is 17.9 Å². The molecule has 0 aliphatic heterocycles. The van der Waals surface area contributed by atoms with Crippen LogP contribution in [0.2, 0.25) is 0 Å². The molecule has 74 valence electrons. The first-order valence-electron chi connectivity index (χ1n) is 4.25. The largest absolute Gasteiger partial charge is 0.364 e. The smallest absolute Gasteiger partial charge is 0.166 e. The molecular weight excluding hydrogens is 194 g/mol. The third-order valence-corrected chi connectivity index (χ3v) is 1.77. The van der Waals surface area contributed by atoms with Gasteiger partial charge in [-0.15, -0.1) is 5.10 Å². The average molecular weight is 201 g/mol. The van der Waals surface area contributed by atoms with Gasteiger partial charge in [0.2, 0.25) is 0 Å². The van der Waals surface area contributed by atoms with E-state index in [0.717, 1.165) is 5.69 Å². The predicted molar refractivity (Wildman–Crippen MR) is 50.6 cm³/mol. The first-order valence-corrected chi connectivity index (χ1v) is 4.25. The number of anilines is 1. The van der Waals surface area contributed by atoms with Gasteiger partial charge in [0.15, 0.2) is 5.82 Å². The molecule has 0 saturated heterocycles. The molecule has 0 bridgehead atoms. The highest BCUT2D eigenvalue weighted by Crippen LogP contribution is 2.09. The third kappa shape index (κ3) is 2.08. The van der Waals surface area contributed by atoms with Crippen molar-refractivity contribution in [1.29, 1.82) is 5.26 Å². The summed E-state index contributed by atoms with van der Waals surface area (Å²) < 4.78 is 4.67. The molecule has 15 heavy (non-hydrogen) atoms. The van der Waals surface area contributed by atoms with Crippen LogP contribution in [0.3, 0.4) is 0 Å². The molecule has 0 atom stereocenters. The van der Waals surface area contributed by atoms with E-state index in [9.17, 15) is 0 Å². The lowest BCUT2D eigenvalue weighted by Gasteiger charge is -2.02. The first-order chi connectivity index (χ1) is 7.40. The van der Waals surface area contributed by atoms with Crippen LogP contribution in [-0.4, -0.2) is 15.4 Å². The van der Waals surface area contributed by atoms with Crippen molar-refractivity contribution in [1.82, 2.24) is 15.4 Å². The Morgan fingerprint density at radius 2 is 2.40 bits per heavy atom. The molecule has 0 aromatic carbocycles. The standard InChI is InChI=1S/C9H7N5O/c10-5-7-1-3-12-13-9(7)11-6-8-2-4-15-14-8/h1-4H,6H2,(H,11,13). The molecule has 0 aliphatic carbocycles. The summed E-state index contributed by atoms with van der Waals surface area (Å²) in [7, 11) is 0. The van der Waals surface area contributed by atoms with Crippen molar-refractivity contribution in [3.05, 3.63) is 35.9 Å². The summed E-state index contributed by atoms with van der Waals surface area (Å²) in [6.07, 6.45) is 2.96. The molecule has 2 rings (SSSR count). The van der Waals surface area contributed by atoms with Crippen molar-refractivity contribution in [2.45, 2.75) is 6.54 Å². The molecule has 2 aromatic heterocycles. The second kappa shape index (κ2) is 4.19. The van der Waals surface area contributed by atoms with E-state index in [4.69, 9.17) is 5.26 Å². The number of nitrogens with one attached hydrogen (secondary N) is 1. The molecule has 2 aromatic rings. The molecular formula is C9H7N5O. The van der Waals surface area contributed by atoms with Gasteiger partial charge in [0.1, 0.15) is 18.0 Å². The highest BCUT2D eigenvalue weighted by atomic mass is 16.5. The Bertz CT molecular complexity index is 473. The van der Waals surface area contributed by atoms with E-state index in [1.54, 1.807) is 12.1 Å². The Balaban J connectivity index is 2.08. The van der Waals surface area contributed by atoms with Gasteiger partial charge >= 0.3 is 0 Å². The lowest BCUT2D eigenvalue weighted by atomic mass is 10.3. The van der Waals surface area contributed by atoms with Gasteiger partial charge in [-0.3, -0.25) is 0 Å². The highest BCUT2D eigenvalue weighted by molar-refractivity contribution is 5.50. The van der Waals surface area contributed by atoms with Gasteiger partial charge in [0.25, 0.3) is 0 Å². The second-order valence-electron chi connectivity index (χ2n) is 2.75. The normalized spacial score (nSPS) is 9.53. The Hall–Kier alpha value is -2.42. The quantitative estimate of drug-likeness (QED) is 0.795. The predicted octanol–water partition coefficient (Wildman–Crippen LogP) is 0.948. The molecule has 2 heterocycles. The van der Waals surface area contributed by atoms with E-state index in [1.807, 2.05) is 6.07 Å². The summed E-state index contributed by atoms with van der Waals surface area (Å²) >= 11 is 0. The summed E-state index contributed by atoms with van der Waals surface area (Å²) in [5.74, 6) is 0.447. The highest BCUT2D eigenvalue weighted by Gasteiger charge is 2.03. The van der Waals surface area contributed by atoms with Crippen LogP contribution in [0.5, 0.6) is 0 Å². The van der Waals surface area contributed by atoms with E-state index < -0.39 is 0 Å². The van der Waals surface area contributed by atoms with Gasteiger partial charge in [-0.25, -0.2) is 0 Å². The monoisotopic (exact) mass is 201 g/mol. The van der Waals surface area contributed by atoms with E-state index in [-0.39, 0.29) is 0 Å². The van der Waals surface area contributed by atoms with Gasteiger partial charge in [-0.1, -0.05) is 5.16 Å². The van der Waals surface area contributed by atoms with Gasteiger partial charge in [0, 0.05) is 6.07 Å².